The number of carbonyl (C=O) groups is 1. The molecular weight excluding hydrogens is 378 g/mol. The fraction of sp³-hybridized carbons (Fsp3) is 0.125. The first-order valence-electron chi connectivity index (χ1n) is 9.59. The van der Waals surface area contributed by atoms with E-state index in [4.69, 9.17) is 4.74 Å². The lowest BCUT2D eigenvalue weighted by atomic mass is 10.1. The summed E-state index contributed by atoms with van der Waals surface area (Å²) in [6, 6.07) is 19.7. The number of fused-ring (bicyclic) bond motifs is 1. The minimum atomic E-state index is -0.219. The van der Waals surface area contributed by atoms with Gasteiger partial charge in [0, 0.05) is 17.8 Å². The van der Waals surface area contributed by atoms with E-state index in [1.807, 2.05) is 50.2 Å². The van der Waals surface area contributed by atoms with Crippen LogP contribution in [0.5, 0.6) is 5.75 Å². The SMILES string of the molecule is Cc1ccc(C(=O)Nc2ccccc2OCc2cc(=O)n3cccc(C)c3n2)cc1. The average Bonchev–Trinajstić information content (AvgIpc) is 2.74. The van der Waals surface area contributed by atoms with Crippen molar-refractivity contribution in [2.75, 3.05) is 5.32 Å². The number of amides is 1. The van der Waals surface area contributed by atoms with Gasteiger partial charge in [0.05, 0.1) is 11.4 Å². The highest BCUT2D eigenvalue weighted by molar-refractivity contribution is 6.05. The number of nitrogens with zero attached hydrogens (tertiary/aromatic N) is 2. The van der Waals surface area contributed by atoms with Crippen LogP contribution in [0, 0.1) is 13.8 Å². The third kappa shape index (κ3) is 4.07. The Morgan fingerprint density at radius 2 is 1.80 bits per heavy atom. The zero-order valence-electron chi connectivity index (χ0n) is 16.8. The molecule has 0 fully saturated rings. The van der Waals surface area contributed by atoms with Crippen molar-refractivity contribution in [1.29, 1.82) is 0 Å². The lowest BCUT2D eigenvalue weighted by Crippen LogP contribution is -2.17. The fourth-order valence-corrected chi connectivity index (χ4v) is 3.13. The highest BCUT2D eigenvalue weighted by Crippen LogP contribution is 2.25. The Morgan fingerprint density at radius 1 is 1.03 bits per heavy atom. The first-order valence-corrected chi connectivity index (χ1v) is 9.59. The van der Waals surface area contributed by atoms with Gasteiger partial charge < -0.3 is 10.1 Å². The Bertz CT molecular complexity index is 1280. The molecule has 0 radical (unpaired) electrons. The predicted molar refractivity (Wildman–Crippen MR) is 116 cm³/mol. The van der Waals surface area contributed by atoms with Gasteiger partial charge in [-0.05, 0) is 49.7 Å². The Morgan fingerprint density at radius 3 is 2.60 bits per heavy atom. The van der Waals surface area contributed by atoms with Crippen molar-refractivity contribution >= 4 is 17.2 Å². The van der Waals surface area contributed by atoms with E-state index in [0.29, 0.717) is 28.3 Å². The van der Waals surface area contributed by atoms with Crippen molar-refractivity contribution in [3.8, 4) is 5.75 Å². The molecule has 30 heavy (non-hydrogen) atoms. The van der Waals surface area contributed by atoms with Crippen molar-refractivity contribution < 1.29 is 9.53 Å². The smallest absolute Gasteiger partial charge is 0.258 e. The molecule has 2 aromatic heterocycles. The molecule has 4 rings (SSSR count). The monoisotopic (exact) mass is 399 g/mol. The van der Waals surface area contributed by atoms with Gasteiger partial charge in [-0.1, -0.05) is 35.9 Å². The van der Waals surface area contributed by atoms with Gasteiger partial charge >= 0.3 is 0 Å². The first-order chi connectivity index (χ1) is 14.5. The molecular formula is C24H21N3O3. The van der Waals surface area contributed by atoms with Gasteiger partial charge in [0.25, 0.3) is 11.5 Å². The summed E-state index contributed by atoms with van der Waals surface area (Å²) >= 11 is 0. The summed E-state index contributed by atoms with van der Waals surface area (Å²) in [4.78, 5) is 29.5. The Balaban J connectivity index is 1.54. The number of rotatable bonds is 5. The Kier molecular flexibility index (Phi) is 5.30. The van der Waals surface area contributed by atoms with Crippen molar-refractivity contribution in [3.63, 3.8) is 0 Å². The molecule has 1 N–H and O–H groups in total. The van der Waals surface area contributed by atoms with Crippen LogP contribution < -0.4 is 15.6 Å². The van der Waals surface area contributed by atoms with Crippen LogP contribution in [0.1, 0.15) is 27.2 Å². The van der Waals surface area contributed by atoms with Crippen molar-refractivity contribution in [3.05, 3.63) is 106 Å². The van der Waals surface area contributed by atoms with Gasteiger partial charge in [-0.15, -0.1) is 0 Å². The maximum absolute atomic E-state index is 12.6. The van der Waals surface area contributed by atoms with E-state index >= 15 is 0 Å². The van der Waals surface area contributed by atoms with Crippen molar-refractivity contribution in [1.82, 2.24) is 9.38 Å². The van der Waals surface area contributed by atoms with Gasteiger partial charge in [-0.3, -0.25) is 14.0 Å². The molecule has 0 aliphatic carbocycles. The van der Waals surface area contributed by atoms with Crippen LogP contribution in [0.15, 0.2) is 77.7 Å². The highest BCUT2D eigenvalue weighted by atomic mass is 16.5. The first kappa shape index (κ1) is 19.4. The highest BCUT2D eigenvalue weighted by Gasteiger charge is 2.11. The third-order valence-electron chi connectivity index (χ3n) is 4.76. The Labute approximate surface area is 173 Å². The maximum Gasteiger partial charge on any atom is 0.258 e. The lowest BCUT2D eigenvalue weighted by Gasteiger charge is -2.13. The number of ether oxygens (including phenoxy) is 1. The van der Waals surface area contributed by atoms with E-state index in [-0.39, 0.29) is 18.1 Å². The molecule has 6 heteroatoms. The average molecular weight is 399 g/mol. The zero-order chi connectivity index (χ0) is 21.1. The van der Waals surface area contributed by atoms with Crippen LogP contribution in [0.4, 0.5) is 5.69 Å². The largest absolute Gasteiger partial charge is 0.485 e. The second-order valence-corrected chi connectivity index (χ2v) is 7.08. The molecule has 1 amide bonds. The number of hydrogen-bond donors (Lipinski definition) is 1. The number of carbonyl (C=O) groups excluding carboxylic acids is 1. The van der Waals surface area contributed by atoms with Gasteiger partial charge in [0.1, 0.15) is 18.0 Å². The van der Waals surface area contributed by atoms with E-state index in [9.17, 15) is 9.59 Å². The number of para-hydroxylation sites is 2. The molecule has 0 saturated carbocycles. The molecule has 0 unspecified atom stereocenters. The number of anilines is 1. The van der Waals surface area contributed by atoms with Crippen LogP contribution in [0.25, 0.3) is 5.65 Å². The van der Waals surface area contributed by atoms with Crippen LogP contribution in [0.2, 0.25) is 0 Å². The molecule has 150 valence electrons. The van der Waals surface area contributed by atoms with E-state index in [1.54, 1.807) is 30.5 Å². The standard InChI is InChI=1S/C24H21N3O3/c1-16-9-11-18(12-10-16)24(29)26-20-7-3-4-8-21(20)30-15-19-14-22(28)27-13-5-6-17(2)23(27)25-19/h3-14H,15H2,1-2H3,(H,26,29). The quantitative estimate of drug-likeness (QED) is 0.547. The van der Waals surface area contributed by atoms with Gasteiger partial charge in [0.2, 0.25) is 0 Å². The van der Waals surface area contributed by atoms with Crippen LogP contribution >= 0.6 is 0 Å². The van der Waals surface area contributed by atoms with Gasteiger partial charge in [-0.25, -0.2) is 4.98 Å². The molecule has 0 spiro atoms. The number of aromatic nitrogens is 2. The van der Waals surface area contributed by atoms with Gasteiger partial charge in [0.15, 0.2) is 0 Å². The van der Waals surface area contributed by atoms with Crippen LogP contribution in [0.3, 0.4) is 0 Å². The number of aryl methyl sites for hydroxylation is 2. The molecule has 0 atom stereocenters. The van der Waals surface area contributed by atoms with Crippen LogP contribution in [-0.4, -0.2) is 15.3 Å². The van der Waals surface area contributed by atoms with Crippen molar-refractivity contribution in [2.45, 2.75) is 20.5 Å². The second-order valence-electron chi connectivity index (χ2n) is 7.08. The van der Waals surface area contributed by atoms with E-state index in [0.717, 1.165) is 11.1 Å². The minimum absolute atomic E-state index is 0.109. The molecule has 0 aliphatic heterocycles. The summed E-state index contributed by atoms with van der Waals surface area (Å²) in [6.45, 7) is 3.98. The summed E-state index contributed by atoms with van der Waals surface area (Å²) in [5, 5.41) is 2.88. The Hall–Kier alpha value is -3.93. The molecule has 0 aliphatic rings. The molecule has 2 heterocycles. The lowest BCUT2D eigenvalue weighted by molar-refractivity contribution is 0.102. The number of hydrogen-bond acceptors (Lipinski definition) is 4. The molecule has 2 aromatic carbocycles. The van der Waals surface area contributed by atoms with E-state index in [1.165, 1.54) is 10.5 Å². The molecule has 4 aromatic rings. The summed E-state index contributed by atoms with van der Waals surface area (Å²) in [5.74, 6) is 0.286. The third-order valence-corrected chi connectivity index (χ3v) is 4.76. The summed E-state index contributed by atoms with van der Waals surface area (Å²) in [7, 11) is 0. The fourth-order valence-electron chi connectivity index (χ4n) is 3.13. The number of pyridine rings is 1. The zero-order valence-corrected chi connectivity index (χ0v) is 16.8. The summed E-state index contributed by atoms with van der Waals surface area (Å²) in [6.07, 6.45) is 1.69. The van der Waals surface area contributed by atoms with E-state index in [2.05, 4.69) is 10.3 Å². The van der Waals surface area contributed by atoms with Crippen molar-refractivity contribution in [2.24, 2.45) is 0 Å². The van der Waals surface area contributed by atoms with Crippen LogP contribution in [-0.2, 0) is 6.61 Å². The maximum atomic E-state index is 12.6. The number of nitrogens with one attached hydrogen (secondary N) is 1. The molecule has 0 saturated heterocycles. The summed E-state index contributed by atoms with van der Waals surface area (Å²) < 4.78 is 7.41. The number of benzene rings is 2. The van der Waals surface area contributed by atoms with Gasteiger partial charge in [-0.2, -0.15) is 0 Å². The predicted octanol–water partition coefficient (Wildman–Crippen LogP) is 4.14. The van der Waals surface area contributed by atoms with E-state index < -0.39 is 0 Å². The summed E-state index contributed by atoms with van der Waals surface area (Å²) in [5.41, 5.74) is 4.07. The topological polar surface area (TPSA) is 72.7 Å². The molecule has 6 nitrogen and oxygen atoms in total. The normalized spacial score (nSPS) is 10.7. The molecule has 0 bridgehead atoms. The second kappa shape index (κ2) is 8.21. The minimum Gasteiger partial charge on any atom is -0.485 e.